The van der Waals surface area contributed by atoms with Crippen LogP contribution in [0.15, 0.2) is 72.1 Å². The molecular formula is C21H21ClN2OS. The van der Waals surface area contributed by atoms with Crippen molar-refractivity contribution in [2.75, 3.05) is 5.75 Å². The second-order valence-electron chi connectivity index (χ2n) is 6.97. The maximum absolute atomic E-state index is 12.0. The van der Waals surface area contributed by atoms with E-state index < -0.39 is 5.60 Å². The number of hydrogen-bond donors (Lipinski definition) is 1. The van der Waals surface area contributed by atoms with Gasteiger partial charge in [-0.25, -0.2) is 4.98 Å². The van der Waals surface area contributed by atoms with Gasteiger partial charge < -0.3 is 9.67 Å². The first-order chi connectivity index (χ1) is 12.5. The van der Waals surface area contributed by atoms with Gasteiger partial charge in [0.15, 0.2) is 0 Å². The maximum Gasteiger partial charge on any atom is 0.122 e. The van der Waals surface area contributed by atoms with Crippen LogP contribution in [0.25, 0.3) is 0 Å². The molecule has 1 aliphatic carbocycles. The van der Waals surface area contributed by atoms with Gasteiger partial charge in [-0.1, -0.05) is 41.4 Å². The van der Waals surface area contributed by atoms with Crippen molar-refractivity contribution < 1.29 is 5.11 Å². The summed E-state index contributed by atoms with van der Waals surface area (Å²) in [6, 6.07) is 16.0. The molecule has 134 valence electrons. The minimum Gasteiger partial charge on any atom is -0.382 e. The lowest BCUT2D eigenvalue weighted by molar-refractivity contribution is -0.00996. The average molecular weight is 385 g/mol. The molecule has 1 aliphatic rings. The number of aryl methyl sites for hydroxylation is 1. The van der Waals surface area contributed by atoms with Gasteiger partial charge in [0.2, 0.25) is 0 Å². The van der Waals surface area contributed by atoms with Crippen LogP contribution >= 0.6 is 23.4 Å². The Balaban J connectivity index is 1.70. The molecule has 0 spiro atoms. The molecule has 1 atom stereocenters. The van der Waals surface area contributed by atoms with E-state index in [0.717, 1.165) is 28.3 Å². The van der Waals surface area contributed by atoms with Crippen molar-refractivity contribution in [2.24, 2.45) is 0 Å². The predicted molar refractivity (Wildman–Crippen MR) is 107 cm³/mol. The molecular weight excluding hydrogens is 364 g/mol. The van der Waals surface area contributed by atoms with Crippen LogP contribution in [-0.2, 0) is 11.1 Å². The van der Waals surface area contributed by atoms with E-state index in [9.17, 15) is 5.11 Å². The number of halogens is 1. The van der Waals surface area contributed by atoms with Crippen molar-refractivity contribution in [3.8, 4) is 0 Å². The van der Waals surface area contributed by atoms with E-state index >= 15 is 0 Å². The summed E-state index contributed by atoms with van der Waals surface area (Å²) in [7, 11) is 0. The molecule has 3 nitrogen and oxygen atoms in total. The lowest BCUT2D eigenvalue weighted by Crippen LogP contribution is -2.45. The molecule has 1 unspecified atom stereocenters. The number of thioether (sulfide) groups is 1. The van der Waals surface area contributed by atoms with Crippen molar-refractivity contribution in [1.82, 2.24) is 9.55 Å². The first kappa shape index (κ1) is 17.7. The first-order valence-electron chi connectivity index (χ1n) is 8.70. The minimum absolute atomic E-state index is 0.335. The topological polar surface area (TPSA) is 38.0 Å². The Morgan fingerprint density at radius 1 is 1.15 bits per heavy atom. The van der Waals surface area contributed by atoms with Crippen LogP contribution in [0.2, 0.25) is 5.02 Å². The summed E-state index contributed by atoms with van der Waals surface area (Å²) in [6.07, 6.45) is 7.43. The Morgan fingerprint density at radius 3 is 2.42 bits per heavy atom. The molecule has 26 heavy (non-hydrogen) atoms. The largest absolute Gasteiger partial charge is 0.382 e. The van der Waals surface area contributed by atoms with Gasteiger partial charge in [0.05, 0.1) is 11.9 Å². The summed E-state index contributed by atoms with van der Waals surface area (Å²) >= 11 is 7.65. The van der Waals surface area contributed by atoms with E-state index in [0.29, 0.717) is 5.75 Å². The molecule has 0 aliphatic heterocycles. The van der Waals surface area contributed by atoms with Gasteiger partial charge in [-0.2, -0.15) is 0 Å². The van der Waals surface area contributed by atoms with E-state index in [1.165, 1.54) is 5.56 Å². The fraction of sp³-hybridized carbons (Fsp3) is 0.286. The molecule has 1 fully saturated rings. The fourth-order valence-corrected chi connectivity index (χ4v) is 4.82. The third-order valence-electron chi connectivity index (χ3n) is 5.28. The Kier molecular flexibility index (Phi) is 4.59. The van der Waals surface area contributed by atoms with Gasteiger partial charge in [0.1, 0.15) is 5.60 Å². The van der Waals surface area contributed by atoms with Gasteiger partial charge in [0, 0.05) is 28.1 Å². The summed E-state index contributed by atoms with van der Waals surface area (Å²) < 4.78 is 2.08. The van der Waals surface area contributed by atoms with Crippen LogP contribution in [0.4, 0.5) is 0 Å². The molecule has 2 aromatic carbocycles. The molecule has 4 rings (SSSR count). The number of nitrogens with zero attached hydrogens (tertiary/aromatic N) is 2. The van der Waals surface area contributed by atoms with E-state index in [1.807, 2.05) is 36.8 Å². The van der Waals surface area contributed by atoms with Crippen LogP contribution in [-0.4, -0.2) is 20.4 Å². The highest BCUT2D eigenvalue weighted by Gasteiger charge is 2.60. The molecule has 1 aromatic heterocycles. The molecule has 5 heteroatoms. The average Bonchev–Trinajstić information content (AvgIpc) is 3.29. The number of aromatic nitrogens is 2. The molecule has 3 aromatic rings. The second-order valence-corrected chi connectivity index (χ2v) is 8.46. The fourth-order valence-electron chi connectivity index (χ4n) is 3.55. The van der Waals surface area contributed by atoms with Crippen LogP contribution in [0.3, 0.4) is 0 Å². The molecule has 0 amide bonds. The first-order valence-corrected chi connectivity index (χ1v) is 10.1. The SMILES string of the molecule is Cc1ccc(C(O)(CSc2ccc(Cl)cc2)C2(n3ccnc3)CC2)cc1. The molecule has 0 radical (unpaired) electrons. The number of benzene rings is 2. The van der Waals surface area contributed by atoms with E-state index in [-0.39, 0.29) is 5.54 Å². The molecule has 1 N–H and O–H groups in total. The number of rotatable bonds is 6. The molecule has 0 saturated heterocycles. The Hall–Kier alpha value is -1.75. The van der Waals surface area contributed by atoms with Gasteiger partial charge in [-0.15, -0.1) is 11.8 Å². The molecule has 1 saturated carbocycles. The summed E-state index contributed by atoms with van der Waals surface area (Å²) in [6.45, 7) is 2.06. The summed E-state index contributed by atoms with van der Waals surface area (Å²) in [5, 5.41) is 12.7. The highest BCUT2D eigenvalue weighted by atomic mass is 35.5. The third kappa shape index (κ3) is 3.07. The van der Waals surface area contributed by atoms with E-state index in [1.54, 1.807) is 18.0 Å². The minimum atomic E-state index is -0.980. The quantitative estimate of drug-likeness (QED) is 0.607. The number of aliphatic hydroxyl groups is 1. The Labute approximate surface area is 163 Å². The monoisotopic (exact) mass is 384 g/mol. The van der Waals surface area contributed by atoms with E-state index in [2.05, 4.69) is 40.7 Å². The molecule has 1 heterocycles. The zero-order valence-corrected chi connectivity index (χ0v) is 16.2. The summed E-state index contributed by atoms with van der Waals surface area (Å²) in [5.74, 6) is 0.565. The van der Waals surface area contributed by atoms with Crippen molar-refractivity contribution in [2.45, 2.75) is 35.8 Å². The van der Waals surface area contributed by atoms with E-state index in [4.69, 9.17) is 11.6 Å². The predicted octanol–water partition coefficient (Wildman–Crippen LogP) is 5.01. The van der Waals surface area contributed by atoms with Crippen LogP contribution < -0.4 is 0 Å². The van der Waals surface area contributed by atoms with Gasteiger partial charge in [-0.3, -0.25) is 0 Å². The zero-order valence-electron chi connectivity index (χ0n) is 14.6. The second kappa shape index (κ2) is 6.76. The van der Waals surface area contributed by atoms with Crippen molar-refractivity contribution in [3.05, 3.63) is 83.4 Å². The summed E-state index contributed by atoms with van der Waals surface area (Å²) in [4.78, 5) is 5.31. The maximum atomic E-state index is 12.0. The molecule has 0 bridgehead atoms. The van der Waals surface area contributed by atoms with Crippen molar-refractivity contribution in [3.63, 3.8) is 0 Å². The summed E-state index contributed by atoms with van der Waals surface area (Å²) in [5.41, 5.74) is 0.828. The lowest BCUT2D eigenvalue weighted by Gasteiger charge is -2.38. The van der Waals surface area contributed by atoms with Gasteiger partial charge >= 0.3 is 0 Å². The number of imidazole rings is 1. The highest BCUT2D eigenvalue weighted by Crippen LogP contribution is 2.57. The normalized spacial score (nSPS) is 17.7. The van der Waals surface area contributed by atoms with Crippen molar-refractivity contribution >= 4 is 23.4 Å². The van der Waals surface area contributed by atoms with Crippen LogP contribution in [0.1, 0.15) is 24.0 Å². The van der Waals surface area contributed by atoms with Crippen molar-refractivity contribution in [1.29, 1.82) is 0 Å². The smallest absolute Gasteiger partial charge is 0.122 e. The standard InChI is InChI=1S/C21H21ClN2OS/c1-16-2-4-17(5-3-16)21(25,14-26-19-8-6-18(22)7-9-19)20(10-11-20)24-13-12-23-15-24/h2-9,12-13,15,25H,10-11,14H2,1H3. The third-order valence-corrected chi connectivity index (χ3v) is 6.70. The van der Waals surface area contributed by atoms with Gasteiger partial charge in [-0.05, 0) is 49.6 Å². The van der Waals surface area contributed by atoms with Crippen LogP contribution in [0, 0.1) is 6.92 Å². The Bertz CT molecular complexity index is 873. The van der Waals surface area contributed by atoms with Crippen LogP contribution in [0.5, 0.6) is 0 Å². The zero-order chi connectivity index (χ0) is 18.2. The lowest BCUT2D eigenvalue weighted by atomic mass is 9.85. The highest BCUT2D eigenvalue weighted by molar-refractivity contribution is 7.99. The number of hydrogen-bond acceptors (Lipinski definition) is 3. The Morgan fingerprint density at radius 2 is 1.85 bits per heavy atom. The van der Waals surface area contributed by atoms with Gasteiger partial charge in [0.25, 0.3) is 0 Å².